The molecule has 8 atom stereocenters. The van der Waals surface area contributed by atoms with E-state index in [9.17, 15) is 93.3 Å². The largest absolute Gasteiger partial charge is 0.466 e. The topological polar surface area (TPSA) is 278 Å². The molecular formula is C108H104F8N4O14. The lowest BCUT2D eigenvalue weighted by molar-refractivity contribution is -0.143. The van der Waals surface area contributed by atoms with Crippen molar-refractivity contribution in [1.82, 2.24) is 21.3 Å². The summed E-state index contributed by atoms with van der Waals surface area (Å²) in [7, 11) is 0. The highest BCUT2D eigenvalue weighted by atomic mass is 19.2. The summed E-state index contributed by atoms with van der Waals surface area (Å²) in [5.74, 6) is -8.25. The van der Waals surface area contributed by atoms with Gasteiger partial charge in [0.15, 0.2) is 23.1 Å². The molecule has 12 aromatic carbocycles. The van der Waals surface area contributed by atoms with Crippen molar-refractivity contribution in [2.75, 3.05) is 26.4 Å². The molecule has 0 aliphatic carbocycles. The number of amides is 4. The molecule has 4 amide bonds. The molecule has 134 heavy (non-hydrogen) atoms. The van der Waals surface area contributed by atoms with Gasteiger partial charge in [-0.25, -0.2) is 35.1 Å². The molecule has 12 aromatic rings. The van der Waals surface area contributed by atoms with E-state index in [0.29, 0.717) is 54.4 Å². The Morgan fingerprint density at radius 2 is 0.403 bits per heavy atom. The Kier molecular flexibility index (Phi) is 41.9. The first kappa shape index (κ1) is 103. The molecule has 6 N–H and O–H groups in total. The Balaban J connectivity index is 0.000000201. The molecule has 0 radical (unpaired) electrons. The Hall–Kier alpha value is -14.5. The zero-order valence-corrected chi connectivity index (χ0v) is 73.8. The van der Waals surface area contributed by atoms with Crippen LogP contribution < -0.4 is 21.3 Å². The van der Waals surface area contributed by atoms with Gasteiger partial charge in [-0.2, -0.15) is 0 Å². The van der Waals surface area contributed by atoms with Gasteiger partial charge in [0.05, 0.1) is 37.4 Å². The van der Waals surface area contributed by atoms with E-state index in [1.165, 1.54) is 135 Å². The van der Waals surface area contributed by atoms with Gasteiger partial charge in [-0.15, -0.1) is 0 Å². The molecule has 0 heterocycles. The van der Waals surface area contributed by atoms with Gasteiger partial charge in [-0.3, -0.25) is 47.9 Å². The number of benzene rings is 12. The number of aliphatic hydroxyl groups excluding tert-OH is 2. The third kappa shape index (κ3) is 37.0. The second kappa shape index (κ2) is 54.3. The minimum absolute atomic E-state index is 0.00828. The number of carbonyl (C=O) groups excluding carboxylic acids is 10. The van der Waals surface area contributed by atoms with Crippen LogP contribution in [0.15, 0.2) is 315 Å². The fourth-order valence-corrected chi connectivity index (χ4v) is 14.5. The number of halogens is 8. The van der Waals surface area contributed by atoms with Gasteiger partial charge in [-0.1, -0.05) is 170 Å². The summed E-state index contributed by atoms with van der Waals surface area (Å²) in [6.45, 7) is 2.16. The van der Waals surface area contributed by atoms with Gasteiger partial charge < -0.3 is 41.0 Å². The lowest BCUT2D eigenvalue weighted by Crippen LogP contribution is -2.43. The SMILES string of the molecule is CC(=O)OC[C@@H](CC(=O)[C@H](Cc1ccc(F)cc1)NC(=O)c1ccccc1)Cc1ccc(F)cc1.CC(=O)OC[C@@H](CC(=O)[C@H](Cc1ccccc1)NC(=O)c1ccc(F)cc1)Cc1ccc(F)cc1.O=C(N[C@@H](Cc1ccc(F)cc1)C(=O)C[C@H](CO)Cc1ccc(F)cc1)c1ccccc1.O=C(N[C@@H](Cc1ccccc1)C(=O)C[C@H](CO)Cc1ccc(F)cc1)c1ccc(F)cc1. The Labute approximate surface area is 772 Å². The first-order chi connectivity index (χ1) is 64.5. The van der Waals surface area contributed by atoms with Crippen LogP contribution in [0.5, 0.6) is 0 Å². The molecule has 12 rings (SSSR count). The maximum Gasteiger partial charge on any atom is 0.302 e. The quantitative estimate of drug-likeness (QED) is 0.0153. The van der Waals surface area contributed by atoms with Crippen LogP contribution in [0, 0.1) is 70.2 Å². The third-order valence-corrected chi connectivity index (χ3v) is 21.6. The molecular weight excluding hydrogens is 1730 g/mol. The van der Waals surface area contributed by atoms with Crippen molar-refractivity contribution in [3.63, 3.8) is 0 Å². The number of ketones is 4. The van der Waals surface area contributed by atoms with Gasteiger partial charge >= 0.3 is 11.9 Å². The number of Topliss-reactive ketones (excluding diaryl/α,β-unsaturated/α-hetero) is 4. The number of esters is 2. The number of carbonyl (C=O) groups is 10. The van der Waals surface area contributed by atoms with E-state index in [1.807, 2.05) is 60.7 Å². The molecule has 0 unspecified atom stereocenters. The van der Waals surface area contributed by atoms with E-state index in [2.05, 4.69) is 21.3 Å². The highest BCUT2D eigenvalue weighted by Crippen LogP contribution is 2.24. The average Bonchev–Trinajstić information content (AvgIpc) is 0.861. The zero-order valence-electron chi connectivity index (χ0n) is 73.8. The van der Waals surface area contributed by atoms with Crippen LogP contribution in [0.3, 0.4) is 0 Å². The molecule has 0 aliphatic heterocycles. The molecule has 0 aliphatic rings. The lowest BCUT2D eigenvalue weighted by atomic mass is 9.90. The molecule has 0 saturated heterocycles. The van der Waals surface area contributed by atoms with Crippen molar-refractivity contribution in [3.8, 4) is 0 Å². The van der Waals surface area contributed by atoms with E-state index < -0.39 is 71.3 Å². The molecule has 0 fully saturated rings. The summed E-state index contributed by atoms with van der Waals surface area (Å²) in [4.78, 5) is 127. The summed E-state index contributed by atoms with van der Waals surface area (Å²) >= 11 is 0. The van der Waals surface area contributed by atoms with Gasteiger partial charge in [0.2, 0.25) is 0 Å². The van der Waals surface area contributed by atoms with E-state index >= 15 is 0 Å². The van der Waals surface area contributed by atoms with E-state index in [0.717, 1.165) is 33.4 Å². The minimum atomic E-state index is -0.874. The zero-order chi connectivity index (χ0) is 96.3. The second-order valence-electron chi connectivity index (χ2n) is 32.3. The average molecular weight is 1830 g/mol. The van der Waals surface area contributed by atoms with Crippen molar-refractivity contribution in [1.29, 1.82) is 0 Å². The number of nitrogens with one attached hydrogen (secondary N) is 4. The van der Waals surface area contributed by atoms with Crippen molar-refractivity contribution < 1.29 is 103 Å². The monoisotopic (exact) mass is 1830 g/mol. The van der Waals surface area contributed by atoms with Crippen molar-refractivity contribution in [2.24, 2.45) is 23.7 Å². The van der Waals surface area contributed by atoms with Gasteiger partial charge in [0, 0.05) is 86.8 Å². The van der Waals surface area contributed by atoms with Crippen LogP contribution in [0.4, 0.5) is 35.1 Å². The lowest BCUT2D eigenvalue weighted by Gasteiger charge is -2.22. The first-order valence-electron chi connectivity index (χ1n) is 43.5. The molecule has 18 nitrogen and oxygen atoms in total. The number of rotatable bonds is 42. The van der Waals surface area contributed by atoms with E-state index in [-0.39, 0.29) is 164 Å². The first-order valence-corrected chi connectivity index (χ1v) is 43.5. The van der Waals surface area contributed by atoms with Crippen LogP contribution in [-0.4, -0.2) is 120 Å². The summed E-state index contributed by atoms with van der Waals surface area (Å²) in [6, 6.07) is 77.6. The minimum Gasteiger partial charge on any atom is -0.466 e. The summed E-state index contributed by atoms with van der Waals surface area (Å²) in [5.41, 5.74) is 7.67. The van der Waals surface area contributed by atoms with Crippen LogP contribution in [0.1, 0.15) is 125 Å². The smallest absolute Gasteiger partial charge is 0.302 e. The van der Waals surface area contributed by atoms with Gasteiger partial charge in [0.1, 0.15) is 46.5 Å². The maximum atomic E-state index is 13.4. The fourth-order valence-electron chi connectivity index (χ4n) is 14.5. The third-order valence-electron chi connectivity index (χ3n) is 21.6. The number of hydrogen-bond donors (Lipinski definition) is 6. The number of ether oxygens (including phenoxy) is 2. The summed E-state index contributed by atoms with van der Waals surface area (Å²) in [5, 5.41) is 30.7. The highest BCUT2D eigenvalue weighted by molar-refractivity contribution is 6.01. The molecule has 696 valence electrons. The maximum absolute atomic E-state index is 13.4. The van der Waals surface area contributed by atoms with Crippen molar-refractivity contribution in [3.05, 3.63) is 429 Å². The van der Waals surface area contributed by atoms with E-state index in [1.54, 1.807) is 133 Å². The fraction of sp³-hybridized carbons (Fsp3) is 0.241. The normalized spacial score (nSPS) is 12.6. The van der Waals surface area contributed by atoms with Crippen LogP contribution >= 0.6 is 0 Å². The van der Waals surface area contributed by atoms with Crippen molar-refractivity contribution in [2.45, 2.75) is 115 Å². The number of hydrogen-bond acceptors (Lipinski definition) is 14. The molecule has 0 spiro atoms. The van der Waals surface area contributed by atoms with Crippen LogP contribution in [0.25, 0.3) is 0 Å². The van der Waals surface area contributed by atoms with Crippen LogP contribution in [-0.2, 0) is 89.6 Å². The standard InChI is InChI=1S/2C28H27F2NO4.2C26H25F2NO3/c1-19(32)35-18-22(15-20-7-11-24(29)12-8-20)17-27(33)26(16-21-9-13-25(30)14-10-21)31-28(34)23-5-3-2-4-6-23;1-19(32)35-18-22(15-21-7-11-24(29)12-8-21)17-27(33)26(16-20-5-3-2-4-6-20)31-28(34)23-9-13-25(30)14-10-23;27-22-10-6-18(7-11-22)14-20(17-30)16-25(31)24(15-19-8-12-23(28)13-9-19)29-26(32)21-4-2-1-3-5-21;27-22-10-6-19(7-11-22)14-20(17-30)16-25(31)24(15-18-4-2-1-3-5-18)29-26(32)21-8-12-23(28)13-9-21/h2*2-14,22,26H,15-18H2,1H3,(H,31,34);2*1-13,20,24,30H,14-17H2,(H,29,32)/t2*22-,26+;2*20-,24+/m1111/s1. The Morgan fingerprint density at radius 1 is 0.231 bits per heavy atom. The van der Waals surface area contributed by atoms with Crippen molar-refractivity contribution >= 4 is 58.7 Å². The molecule has 0 aromatic heterocycles. The van der Waals surface area contributed by atoms with Crippen LogP contribution in [0.2, 0.25) is 0 Å². The predicted molar refractivity (Wildman–Crippen MR) is 492 cm³/mol. The Morgan fingerprint density at radius 3 is 0.612 bits per heavy atom. The van der Waals surface area contributed by atoms with Gasteiger partial charge in [-0.05, 0) is 253 Å². The predicted octanol–water partition coefficient (Wildman–Crippen LogP) is 17.6. The highest BCUT2D eigenvalue weighted by Gasteiger charge is 2.31. The second-order valence-corrected chi connectivity index (χ2v) is 32.3. The molecule has 0 bridgehead atoms. The summed E-state index contributed by atoms with van der Waals surface area (Å²) in [6.07, 6.45) is 2.66. The molecule has 0 saturated carbocycles. The van der Waals surface area contributed by atoms with E-state index in [4.69, 9.17) is 9.47 Å². The molecule has 26 heteroatoms. The Bertz CT molecular complexity index is 5730. The summed E-state index contributed by atoms with van der Waals surface area (Å²) < 4.78 is 116. The van der Waals surface area contributed by atoms with Gasteiger partial charge in [0.25, 0.3) is 23.6 Å². The number of aliphatic hydroxyl groups is 2.